The van der Waals surface area contributed by atoms with Crippen molar-refractivity contribution in [2.45, 2.75) is 19.4 Å². The second kappa shape index (κ2) is 11.7. The highest BCUT2D eigenvalue weighted by Crippen LogP contribution is 2.36. The van der Waals surface area contributed by atoms with Gasteiger partial charge >= 0.3 is 0 Å². The molecule has 220 valence electrons. The summed E-state index contributed by atoms with van der Waals surface area (Å²) in [6.07, 6.45) is 8.42. The summed E-state index contributed by atoms with van der Waals surface area (Å²) in [7, 11) is 3.38. The molecular formula is C32H31FN6O4. The largest absolute Gasteiger partial charge is 0.495 e. The van der Waals surface area contributed by atoms with Crippen LogP contribution >= 0.6 is 0 Å². The summed E-state index contributed by atoms with van der Waals surface area (Å²) in [5.41, 5.74) is 9.23. The van der Waals surface area contributed by atoms with E-state index in [0.717, 1.165) is 24.0 Å². The molecule has 0 atom stereocenters. The van der Waals surface area contributed by atoms with Crippen molar-refractivity contribution in [3.8, 4) is 28.0 Å². The number of benzene rings is 2. The molecule has 1 amide bonds. The van der Waals surface area contributed by atoms with E-state index in [1.165, 1.54) is 25.6 Å². The first-order chi connectivity index (χ1) is 20.8. The number of carbonyl (C=O) groups is 1. The molecule has 2 aromatic carbocycles. The molecule has 1 aliphatic heterocycles. The number of ether oxygens (including phenoxy) is 2. The average Bonchev–Trinajstić information content (AvgIpc) is 3.36. The molecule has 6 rings (SSSR count). The van der Waals surface area contributed by atoms with Gasteiger partial charge in [-0.05, 0) is 54.2 Å². The second-order valence-corrected chi connectivity index (χ2v) is 10.7. The number of hydrogen-bond acceptors (Lipinski definition) is 7. The highest BCUT2D eigenvalue weighted by atomic mass is 19.1. The lowest BCUT2D eigenvalue weighted by molar-refractivity contribution is 0.0612. The number of nitrogens with zero attached hydrogens (tertiary/aromatic N) is 4. The maximum atomic E-state index is 13.7. The molecular weight excluding hydrogens is 551 g/mol. The van der Waals surface area contributed by atoms with Crippen LogP contribution in [0.2, 0.25) is 0 Å². The highest BCUT2D eigenvalue weighted by molar-refractivity contribution is 6.06. The number of nitrogens with one attached hydrogen (secondary N) is 1. The molecule has 3 N–H and O–H groups in total. The van der Waals surface area contributed by atoms with Crippen molar-refractivity contribution in [2.75, 3.05) is 31.4 Å². The van der Waals surface area contributed by atoms with Crippen LogP contribution in [0.15, 0.2) is 72.2 Å². The highest BCUT2D eigenvalue weighted by Gasteiger charge is 2.21. The predicted molar refractivity (Wildman–Crippen MR) is 163 cm³/mol. The first-order valence-corrected chi connectivity index (χ1v) is 14.0. The number of nitrogen functional groups attached to an aromatic ring is 1. The van der Waals surface area contributed by atoms with Crippen LogP contribution < -0.4 is 21.2 Å². The van der Waals surface area contributed by atoms with Gasteiger partial charge in [-0.3, -0.25) is 9.59 Å². The maximum absolute atomic E-state index is 13.7. The molecule has 11 heteroatoms. The summed E-state index contributed by atoms with van der Waals surface area (Å²) in [4.78, 5) is 35.8. The lowest BCUT2D eigenvalue weighted by Crippen LogP contribution is -2.26. The number of aromatic nitrogens is 4. The Morgan fingerprint density at radius 3 is 2.56 bits per heavy atom. The number of hydrogen-bond donors (Lipinski definition) is 2. The zero-order chi connectivity index (χ0) is 30.1. The molecule has 5 aromatic rings. The summed E-state index contributed by atoms with van der Waals surface area (Å²) < 4.78 is 28.5. The number of rotatable bonds is 7. The Hall–Kier alpha value is -5.03. The van der Waals surface area contributed by atoms with Crippen LogP contribution in [0.5, 0.6) is 5.75 Å². The average molecular weight is 583 g/mol. The third-order valence-corrected chi connectivity index (χ3v) is 7.83. The quantitative estimate of drug-likeness (QED) is 0.280. The predicted octanol–water partition coefficient (Wildman–Crippen LogP) is 4.87. The molecule has 3 aromatic heterocycles. The van der Waals surface area contributed by atoms with Gasteiger partial charge in [0.1, 0.15) is 34.9 Å². The number of fused-ring (bicyclic) bond motifs is 1. The molecule has 0 bridgehead atoms. The van der Waals surface area contributed by atoms with E-state index < -0.39 is 17.2 Å². The van der Waals surface area contributed by atoms with Crippen LogP contribution in [0.3, 0.4) is 0 Å². The van der Waals surface area contributed by atoms with Crippen molar-refractivity contribution in [3.63, 3.8) is 0 Å². The van der Waals surface area contributed by atoms with E-state index in [1.807, 2.05) is 28.4 Å². The first kappa shape index (κ1) is 28.1. The van der Waals surface area contributed by atoms with Gasteiger partial charge in [0.05, 0.1) is 18.2 Å². The van der Waals surface area contributed by atoms with E-state index in [-0.39, 0.29) is 5.56 Å². The molecule has 1 aliphatic rings. The summed E-state index contributed by atoms with van der Waals surface area (Å²) in [6, 6.07) is 11.0. The SMILES string of the molecule is COc1cc(-c2cn(C)c3ncnc(N)c23)ccc1NC(=O)c1cn(CC2CCOCC2)cc(-c2ccc(F)cc2)c1=O. The molecule has 10 nitrogen and oxygen atoms in total. The molecule has 1 fully saturated rings. The molecule has 1 saturated heterocycles. The van der Waals surface area contributed by atoms with Gasteiger partial charge in [0.15, 0.2) is 0 Å². The zero-order valence-corrected chi connectivity index (χ0v) is 23.8. The number of methoxy groups -OCH3 is 1. The lowest BCUT2D eigenvalue weighted by atomic mass is 9.99. The minimum absolute atomic E-state index is 0.0287. The number of pyridine rings is 1. The van der Waals surface area contributed by atoms with Crippen molar-refractivity contribution < 1.29 is 18.7 Å². The topological polar surface area (TPSA) is 126 Å². The molecule has 4 heterocycles. The Morgan fingerprint density at radius 1 is 1.07 bits per heavy atom. The molecule has 0 unspecified atom stereocenters. The van der Waals surface area contributed by atoms with Crippen LogP contribution in [-0.2, 0) is 18.3 Å². The smallest absolute Gasteiger partial charge is 0.261 e. The van der Waals surface area contributed by atoms with E-state index in [0.29, 0.717) is 65.1 Å². The Labute approximate surface area is 246 Å². The number of anilines is 2. The van der Waals surface area contributed by atoms with Crippen molar-refractivity contribution in [2.24, 2.45) is 13.0 Å². The van der Waals surface area contributed by atoms with Crippen LogP contribution in [0.4, 0.5) is 15.9 Å². The maximum Gasteiger partial charge on any atom is 0.261 e. The van der Waals surface area contributed by atoms with Gasteiger partial charge in [-0.2, -0.15) is 0 Å². The summed E-state index contributed by atoms with van der Waals surface area (Å²) in [5.74, 6) is 0.109. The van der Waals surface area contributed by atoms with E-state index in [2.05, 4.69) is 15.3 Å². The molecule has 0 saturated carbocycles. The third-order valence-electron chi connectivity index (χ3n) is 7.83. The van der Waals surface area contributed by atoms with Crippen molar-refractivity contribution in [3.05, 3.63) is 89.0 Å². The van der Waals surface area contributed by atoms with Crippen LogP contribution in [0.25, 0.3) is 33.3 Å². The van der Waals surface area contributed by atoms with E-state index in [4.69, 9.17) is 15.2 Å². The summed E-state index contributed by atoms with van der Waals surface area (Å²) in [6.45, 7) is 1.97. The zero-order valence-electron chi connectivity index (χ0n) is 23.8. The number of nitrogens with two attached hydrogens (primary N) is 1. The molecule has 0 spiro atoms. The van der Waals surface area contributed by atoms with Gasteiger partial charge < -0.3 is 29.7 Å². The fourth-order valence-corrected chi connectivity index (χ4v) is 5.57. The minimum Gasteiger partial charge on any atom is -0.495 e. The third kappa shape index (κ3) is 5.59. The van der Waals surface area contributed by atoms with Gasteiger partial charge in [-0.1, -0.05) is 18.2 Å². The van der Waals surface area contributed by atoms with E-state index >= 15 is 0 Å². The van der Waals surface area contributed by atoms with Crippen molar-refractivity contribution in [1.29, 1.82) is 0 Å². The van der Waals surface area contributed by atoms with Gasteiger partial charge in [0, 0.05) is 56.5 Å². The minimum atomic E-state index is -0.580. The number of halogens is 1. The van der Waals surface area contributed by atoms with E-state index in [1.54, 1.807) is 36.7 Å². The Balaban J connectivity index is 1.35. The lowest BCUT2D eigenvalue weighted by Gasteiger charge is -2.23. The molecule has 0 radical (unpaired) electrons. The first-order valence-electron chi connectivity index (χ1n) is 14.0. The fraction of sp³-hybridized carbons (Fsp3) is 0.250. The van der Waals surface area contributed by atoms with Crippen LogP contribution in [0, 0.1) is 11.7 Å². The van der Waals surface area contributed by atoms with E-state index in [9.17, 15) is 14.0 Å². The number of carbonyl (C=O) groups excluding carboxylic acids is 1. The van der Waals surface area contributed by atoms with Crippen molar-refractivity contribution >= 4 is 28.4 Å². The summed E-state index contributed by atoms with van der Waals surface area (Å²) in [5, 5.41) is 3.57. The Bertz CT molecular complexity index is 1880. The van der Waals surface area contributed by atoms with Gasteiger partial charge in [0.25, 0.3) is 5.91 Å². The molecule has 43 heavy (non-hydrogen) atoms. The number of aryl methyl sites for hydroxylation is 1. The van der Waals surface area contributed by atoms with Crippen LogP contribution in [-0.4, -0.2) is 45.3 Å². The Morgan fingerprint density at radius 2 is 1.81 bits per heavy atom. The van der Waals surface area contributed by atoms with Gasteiger partial charge in [-0.15, -0.1) is 0 Å². The standard InChI is InChI=1S/C32H31FN6O4/c1-38-15-23(28-30(34)35-18-36-31(28)38)21-5-8-26(27(13-21)42-2)37-32(41)25-17-39(14-19-9-11-43-12-10-19)16-24(29(25)40)20-3-6-22(33)7-4-20/h3-8,13,15-19H,9-12,14H2,1-2H3,(H,37,41)(H2,34,35,36). The second-order valence-electron chi connectivity index (χ2n) is 10.7. The normalized spacial score (nSPS) is 13.7. The van der Waals surface area contributed by atoms with Crippen molar-refractivity contribution in [1.82, 2.24) is 19.1 Å². The van der Waals surface area contributed by atoms with Gasteiger partial charge in [0.2, 0.25) is 5.43 Å². The fourth-order valence-electron chi connectivity index (χ4n) is 5.57. The summed E-state index contributed by atoms with van der Waals surface area (Å²) >= 11 is 0. The van der Waals surface area contributed by atoms with Crippen LogP contribution in [0.1, 0.15) is 23.2 Å². The van der Waals surface area contributed by atoms with Gasteiger partial charge in [-0.25, -0.2) is 14.4 Å². The molecule has 0 aliphatic carbocycles. The Kier molecular flexibility index (Phi) is 7.64. The monoisotopic (exact) mass is 582 g/mol. The number of amides is 1.